The van der Waals surface area contributed by atoms with Gasteiger partial charge in [0.1, 0.15) is 6.33 Å². The molecule has 0 bridgehead atoms. The monoisotopic (exact) mass is 317 g/mol. The lowest BCUT2D eigenvalue weighted by molar-refractivity contribution is -0.0245. The molecule has 0 radical (unpaired) electrons. The van der Waals surface area contributed by atoms with Crippen molar-refractivity contribution in [3.05, 3.63) is 46.2 Å². The molecule has 116 valence electrons. The van der Waals surface area contributed by atoms with Gasteiger partial charge in [0.25, 0.3) is 5.91 Å². The summed E-state index contributed by atoms with van der Waals surface area (Å²) in [6.45, 7) is 3.94. The van der Waals surface area contributed by atoms with Crippen LogP contribution in [0.1, 0.15) is 26.7 Å². The number of rotatable bonds is 4. The van der Waals surface area contributed by atoms with Crippen molar-refractivity contribution in [1.29, 1.82) is 0 Å². The predicted octanol–water partition coefficient (Wildman–Crippen LogP) is 2.32. The Hall–Kier alpha value is -1.79. The van der Waals surface area contributed by atoms with E-state index in [2.05, 4.69) is 9.97 Å². The number of nitrogens with zero attached hydrogens (tertiary/aromatic N) is 3. The van der Waals surface area contributed by atoms with Gasteiger partial charge in [0.15, 0.2) is 0 Å². The second-order valence-electron chi connectivity index (χ2n) is 5.39. The number of hydrogen-bond acceptors (Lipinski definition) is 5. The van der Waals surface area contributed by atoms with Gasteiger partial charge in [0.05, 0.1) is 17.6 Å². The van der Waals surface area contributed by atoms with E-state index in [1.54, 1.807) is 23.9 Å². The van der Waals surface area contributed by atoms with Crippen molar-refractivity contribution < 1.29 is 9.53 Å². The zero-order valence-corrected chi connectivity index (χ0v) is 13.4. The average Bonchev–Trinajstić information content (AvgIpc) is 3.00. The number of aromatic nitrogens is 2. The molecule has 0 N–H and O–H groups in total. The van der Waals surface area contributed by atoms with Crippen LogP contribution in [0.4, 0.5) is 0 Å². The third-order valence-corrected chi connectivity index (χ3v) is 4.73. The molecular formula is C16H19N3O2S. The van der Waals surface area contributed by atoms with Gasteiger partial charge in [-0.05, 0) is 38.0 Å². The molecule has 5 nitrogen and oxygen atoms in total. The van der Waals surface area contributed by atoms with Gasteiger partial charge in [0.2, 0.25) is 0 Å². The SMILES string of the molecule is Cc1ccc(C(=O)N2CCO[C@@H](CCc3ccncn3)C2)s1. The van der Waals surface area contributed by atoms with Gasteiger partial charge in [-0.25, -0.2) is 9.97 Å². The number of hydrogen-bond donors (Lipinski definition) is 0. The predicted molar refractivity (Wildman–Crippen MR) is 85.1 cm³/mol. The quantitative estimate of drug-likeness (QED) is 0.868. The largest absolute Gasteiger partial charge is 0.375 e. The normalized spacial score (nSPS) is 18.4. The van der Waals surface area contributed by atoms with Gasteiger partial charge in [-0.15, -0.1) is 11.3 Å². The van der Waals surface area contributed by atoms with E-state index in [-0.39, 0.29) is 12.0 Å². The van der Waals surface area contributed by atoms with E-state index in [9.17, 15) is 4.79 Å². The minimum atomic E-state index is 0.0775. The number of amides is 1. The second kappa shape index (κ2) is 6.98. The molecule has 0 aliphatic carbocycles. The van der Waals surface area contributed by atoms with Gasteiger partial charge in [-0.3, -0.25) is 4.79 Å². The third-order valence-electron chi connectivity index (χ3n) is 3.74. The molecule has 1 atom stereocenters. The van der Waals surface area contributed by atoms with Crippen LogP contribution in [0.15, 0.2) is 30.7 Å². The minimum absolute atomic E-state index is 0.0775. The van der Waals surface area contributed by atoms with Crippen molar-refractivity contribution in [1.82, 2.24) is 14.9 Å². The van der Waals surface area contributed by atoms with E-state index >= 15 is 0 Å². The fourth-order valence-electron chi connectivity index (χ4n) is 2.56. The molecule has 1 aliphatic rings. The number of carbonyl (C=O) groups excluding carboxylic acids is 1. The summed E-state index contributed by atoms with van der Waals surface area (Å²) in [7, 11) is 0. The van der Waals surface area contributed by atoms with Gasteiger partial charge < -0.3 is 9.64 Å². The lowest BCUT2D eigenvalue weighted by Gasteiger charge is -2.32. The third kappa shape index (κ3) is 3.69. The molecule has 22 heavy (non-hydrogen) atoms. The Kier molecular flexibility index (Phi) is 4.80. The smallest absolute Gasteiger partial charge is 0.264 e. The zero-order valence-electron chi connectivity index (χ0n) is 12.6. The molecule has 0 saturated carbocycles. The molecular weight excluding hydrogens is 298 g/mol. The van der Waals surface area contributed by atoms with Crippen molar-refractivity contribution in [2.45, 2.75) is 25.9 Å². The number of carbonyl (C=O) groups is 1. The molecule has 3 rings (SSSR count). The molecule has 1 aliphatic heterocycles. The van der Waals surface area contributed by atoms with Crippen molar-refractivity contribution >= 4 is 17.2 Å². The van der Waals surface area contributed by atoms with Crippen molar-refractivity contribution in [2.24, 2.45) is 0 Å². The van der Waals surface area contributed by atoms with Crippen LogP contribution in [0, 0.1) is 6.92 Å². The summed E-state index contributed by atoms with van der Waals surface area (Å²) in [6.07, 6.45) is 5.09. The van der Waals surface area contributed by atoms with Crippen molar-refractivity contribution in [3.63, 3.8) is 0 Å². The molecule has 1 saturated heterocycles. The Labute approximate surface area is 134 Å². The molecule has 1 fully saturated rings. The molecule has 0 unspecified atom stereocenters. The standard InChI is InChI=1S/C16H19N3O2S/c1-12-2-5-15(22-12)16(20)19-8-9-21-14(10-19)4-3-13-6-7-17-11-18-13/h2,5-7,11,14H,3-4,8-10H2,1H3/t14-/m0/s1. The van der Waals surface area contributed by atoms with Crippen LogP contribution in [-0.2, 0) is 11.2 Å². The van der Waals surface area contributed by atoms with Crippen molar-refractivity contribution in [3.8, 4) is 0 Å². The first-order valence-electron chi connectivity index (χ1n) is 7.44. The number of morpholine rings is 1. The summed E-state index contributed by atoms with van der Waals surface area (Å²) in [5.41, 5.74) is 1.01. The summed E-state index contributed by atoms with van der Waals surface area (Å²) in [5.74, 6) is 0.119. The molecule has 1 amide bonds. The zero-order chi connectivity index (χ0) is 15.4. The second-order valence-corrected chi connectivity index (χ2v) is 6.68. The molecule has 0 spiro atoms. The summed E-state index contributed by atoms with van der Waals surface area (Å²) in [6, 6.07) is 5.82. The Morgan fingerprint density at radius 2 is 2.36 bits per heavy atom. The van der Waals surface area contributed by atoms with E-state index in [4.69, 9.17) is 4.74 Å². The highest BCUT2D eigenvalue weighted by Crippen LogP contribution is 2.19. The van der Waals surface area contributed by atoms with Crippen molar-refractivity contribution in [2.75, 3.05) is 19.7 Å². The van der Waals surface area contributed by atoms with E-state index in [0.717, 1.165) is 28.3 Å². The lowest BCUT2D eigenvalue weighted by atomic mass is 10.1. The molecule has 3 heterocycles. The average molecular weight is 317 g/mol. The van der Waals surface area contributed by atoms with E-state index < -0.39 is 0 Å². The minimum Gasteiger partial charge on any atom is -0.375 e. The first-order chi connectivity index (χ1) is 10.7. The van der Waals surface area contributed by atoms with E-state index in [0.29, 0.717) is 19.7 Å². The van der Waals surface area contributed by atoms with Crippen LogP contribution in [0.25, 0.3) is 0 Å². The molecule has 2 aromatic heterocycles. The maximum atomic E-state index is 12.5. The van der Waals surface area contributed by atoms with E-state index in [1.807, 2.05) is 30.0 Å². The highest BCUT2D eigenvalue weighted by Gasteiger charge is 2.25. The van der Waals surface area contributed by atoms with Crippen LogP contribution in [-0.4, -0.2) is 46.6 Å². The topological polar surface area (TPSA) is 55.3 Å². The number of thiophene rings is 1. The fourth-order valence-corrected chi connectivity index (χ4v) is 3.39. The van der Waals surface area contributed by atoms with Gasteiger partial charge in [-0.1, -0.05) is 0 Å². The maximum Gasteiger partial charge on any atom is 0.264 e. The van der Waals surface area contributed by atoms with Gasteiger partial charge >= 0.3 is 0 Å². The first-order valence-corrected chi connectivity index (χ1v) is 8.26. The molecule has 0 aromatic carbocycles. The highest BCUT2D eigenvalue weighted by molar-refractivity contribution is 7.13. The van der Waals surface area contributed by atoms with E-state index in [1.165, 1.54) is 0 Å². The Bertz CT molecular complexity index is 629. The summed E-state index contributed by atoms with van der Waals surface area (Å²) in [4.78, 5) is 24.5. The van der Waals surface area contributed by atoms with Crippen LogP contribution in [0.5, 0.6) is 0 Å². The summed E-state index contributed by atoms with van der Waals surface area (Å²) >= 11 is 1.55. The van der Waals surface area contributed by atoms with Gasteiger partial charge in [-0.2, -0.15) is 0 Å². The summed E-state index contributed by atoms with van der Waals surface area (Å²) < 4.78 is 5.79. The molecule has 2 aromatic rings. The lowest BCUT2D eigenvalue weighted by Crippen LogP contribution is -2.45. The fraction of sp³-hybridized carbons (Fsp3) is 0.438. The number of aryl methyl sites for hydroxylation is 2. The van der Waals surface area contributed by atoms with Crippen LogP contribution >= 0.6 is 11.3 Å². The Morgan fingerprint density at radius 3 is 3.09 bits per heavy atom. The summed E-state index contributed by atoms with van der Waals surface area (Å²) in [5, 5.41) is 0. The number of ether oxygens (including phenoxy) is 1. The van der Waals surface area contributed by atoms with Crippen LogP contribution in [0.2, 0.25) is 0 Å². The van der Waals surface area contributed by atoms with Crippen LogP contribution < -0.4 is 0 Å². The maximum absolute atomic E-state index is 12.5. The Balaban J connectivity index is 1.56. The van der Waals surface area contributed by atoms with Crippen LogP contribution in [0.3, 0.4) is 0 Å². The Morgan fingerprint density at radius 1 is 1.45 bits per heavy atom. The van der Waals surface area contributed by atoms with Gasteiger partial charge in [0, 0.05) is 29.9 Å². The first kappa shape index (κ1) is 15.1. The molecule has 6 heteroatoms. The highest BCUT2D eigenvalue weighted by atomic mass is 32.1.